The van der Waals surface area contributed by atoms with Crippen molar-refractivity contribution in [1.29, 1.82) is 0 Å². The first kappa shape index (κ1) is 16.1. The lowest BCUT2D eigenvalue weighted by molar-refractivity contribution is -0.138. The number of rotatable bonds is 6. The molecule has 0 aromatic heterocycles. The number of thioether (sulfide) groups is 1. The molecule has 4 nitrogen and oxygen atoms in total. The van der Waals surface area contributed by atoms with Gasteiger partial charge in [-0.2, -0.15) is 0 Å². The molecule has 1 saturated heterocycles. The first-order valence-corrected chi connectivity index (χ1v) is 8.95. The molecule has 2 rings (SSSR count). The molecule has 0 aromatic carbocycles. The van der Waals surface area contributed by atoms with Crippen LogP contribution in [-0.2, 0) is 9.53 Å². The summed E-state index contributed by atoms with van der Waals surface area (Å²) in [6.45, 7) is 7.24. The lowest BCUT2D eigenvalue weighted by Gasteiger charge is -2.28. The number of likely N-dealkylation sites (N-methyl/N-ethyl adjacent to an activating group) is 1. The summed E-state index contributed by atoms with van der Waals surface area (Å²) in [4.78, 5) is 14.2. The van der Waals surface area contributed by atoms with Crippen molar-refractivity contribution < 1.29 is 9.53 Å². The number of ether oxygens (including phenoxy) is 1. The minimum atomic E-state index is 0.152. The number of nitrogens with one attached hydrogen (secondary N) is 1. The van der Waals surface area contributed by atoms with Crippen LogP contribution in [0.5, 0.6) is 0 Å². The molecule has 1 unspecified atom stereocenters. The van der Waals surface area contributed by atoms with Crippen LogP contribution >= 0.6 is 11.8 Å². The van der Waals surface area contributed by atoms with E-state index in [0.29, 0.717) is 11.4 Å². The summed E-state index contributed by atoms with van der Waals surface area (Å²) >= 11 is 1.90. The van der Waals surface area contributed by atoms with Crippen LogP contribution in [0.1, 0.15) is 39.5 Å². The standard InChI is InChI=1S/C15H28N2O2S/c1-3-17(9-14-8-16-11-20-14)15(18)10-19-13-6-4-12(2)5-7-13/h12-14,16H,3-11H2,1-2H3. The van der Waals surface area contributed by atoms with Crippen molar-refractivity contribution in [3.8, 4) is 0 Å². The van der Waals surface area contributed by atoms with E-state index in [0.717, 1.165) is 44.3 Å². The summed E-state index contributed by atoms with van der Waals surface area (Å²) in [5.41, 5.74) is 0. The SMILES string of the molecule is CCN(CC1CNCS1)C(=O)COC1CCC(C)CC1. The molecule has 20 heavy (non-hydrogen) atoms. The summed E-state index contributed by atoms with van der Waals surface area (Å²) in [6.07, 6.45) is 5.00. The summed E-state index contributed by atoms with van der Waals surface area (Å²) in [6, 6.07) is 0. The molecule has 1 aliphatic heterocycles. The van der Waals surface area contributed by atoms with E-state index in [2.05, 4.69) is 12.2 Å². The molecule has 1 N–H and O–H groups in total. The Kier molecular flexibility index (Phi) is 6.65. The van der Waals surface area contributed by atoms with Crippen molar-refractivity contribution in [2.75, 3.05) is 32.1 Å². The third kappa shape index (κ3) is 4.93. The lowest BCUT2D eigenvalue weighted by atomic mass is 9.89. The van der Waals surface area contributed by atoms with Crippen molar-refractivity contribution in [2.24, 2.45) is 5.92 Å². The van der Waals surface area contributed by atoms with E-state index in [9.17, 15) is 4.79 Å². The van der Waals surface area contributed by atoms with E-state index < -0.39 is 0 Å². The number of carbonyl (C=O) groups excluding carboxylic acids is 1. The maximum absolute atomic E-state index is 12.2. The average molecular weight is 300 g/mol. The molecule has 0 bridgehead atoms. The number of amides is 1. The van der Waals surface area contributed by atoms with Gasteiger partial charge in [-0.25, -0.2) is 0 Å². The van der Waals surface area contributed by atoms with Gasteiger partial charge in [0.05, 0.1) is 6.10 Å². The quantitative estimate of drug-likeness (QED) is 0.815. The van der Waals surface area contributed by atoms with E-state index in [1.165, 1.54) is 12.8 Å². The van der Waals surface area contributed by atoms with Crippen molar-refractivity contribution in [3.05, 3.63) is 0 Å². The van der Waals surface area contributed by atoms with Crippen molar-refractivity contribution in [3.63, 3.8) is 0 Å². The summed E-state index contributed by atoms with van der Waals surface area (Å²) in [5, 5.41) is 3.86. The highest BCUT2D eigenvalue weighted by Gasteiger charge is 2.23. The van der Waals surface area contributed by atoms with E-state index in [1.54, 1.807) is 0 Å². The Morgan fingerprint density at radius 1 is 1.35 bits per heavy atom. The second-order valence-corrected chi connectivity index (χ2v) is 7.30. The molecule has 0 aromatic rings. The predicted molar refractivity (Wildman–Crippen MR) is 83.9 cm³/mol. The zero-order valence-corrected chi connectivity index (χ0v) is 13.6. The van der Waals surface area contributed by atoms with Gasteiger partial charge in [0, 0.05) is 30.8 Å². The molecular formula is C15H28N2O2S. The van der Waals surface area contributed by atoms with Gasteiger partial charge in [-0.1, -0.05) is 6.92 Å². The predicted octanol–water partition coefficient (Wildman–Crippen LogP) is 2.09. The van der Waals surface area contributed by atoms with E-state index in [1.807, 2.05) is 23.6 Å². The van der Waals surface area contributed by atoms with Crippen molar-refractivity contribution in [2.45, 2.75) is 50.9 Å². The fourth-order valence-corrected chi connectivity index (χ4v) is 3.89. The molecule has 1 aliphatic carbocycles. The fraction of sp³-hybridized carbons (Fsp3) is 0.933. The number of carbonyl (C=O) groups is 1. The van der Waals surface area contributed by atoms with Crippen LogP contribution in [-0.4, -0.2) is 54.3 Å². The molecule has 2 fully saturated rings. The number of nitrogens with zero attached hydrogens (tertiary/aromatic N) is 1. The molecule has 1 heterocycles. The van der Waals surface area contributed by atoms with Crippen LogP contribution in [0.15, 0.2) is 0 Å². The van der Waals surface area contributed by atoms with Gasteiger partial charge in [-0.15, -0.1) is 11.8 Å². The first-order chi connectivity index (χ1) is 9.69. The van der Waals surface area contributed by atoms with Gasteiger partial charge < -0.3 is 15.0 Å². The molecule has 1 atom stereocenters. The third-order valence-electron chi connectivity index (χ3n) is 4.36. The maximum Gasteiger partial charge on any atom is 0.248 e. The summed E-state index contributed by atoms with van der Waals surface area (Å²) in [5.74, 6) is 1.98. The van der Waals surface area contributed by atoms with Crippen LogP contribution in [0, 0.1) is 5.92 Å². The Hall–Kier alpha value is -0.260. The largest absolute Gasteiger partial charge is 0.368 e. The van der Waals surface area contributed by atoms with Crippen molar-refractivity contribution in [1.82, 2.24) is 10.2 Å². The van der Waals surface area contributed by atoms with Gasteiger partial charge >= 0.3 is 0 Å². The summed E-state index contributed by atoms with van der Waals surface area (Å²) < 4.78 is 5.83. The van der Waals surface area contributed by atoms with Gasteiger partial charge in [0.15, 0.2) is 0 Å². The minimum absolute atomic E-state index is 0.152. The highest BCUT2D eigenvalue weighted by Crippen LogP contribution is 2.25. The van der Waals surface area contributed by atoms with Gasteiger partial charge in [-0.3, -0.25) is 4.79 Å². The monoisotopic (exact) mass is 300 g/mol. The van der Waals surface area contributed by atoms with Crippen LogP contribution in [0.3, 0.4) is 0 Å². The fourth-order valence-electron chi connectivity index (χ4n) is 2.90. The number of hydrogen-bond acceptors (Lipinski definition) is 4. The van der Waals surface area contributed by atoms with Gasteiger partial charge in [0.25, 0.3) is 0 Å². The average Bonchev–Trinajstić information content (AvgIpc) is 2.97. The second-order valence-electron chi connectivity index (χ2n) is 6.01. The van der Waals surface area contributed by atoms with E-state index in [-0.39, 0.29) is 12.5 Å². The molecule has 1 amide bonds. The van der Waals surface area contributed by atoms with E-state index in [4.69, 9.17) is 4.74 Å². The van der Waals surface area contributed by atoms with Crippen molar-refractivity contribution >= 4 is 17.7 Å². The molecule has 1 saturated carbocycles. The normalized spacial score (nSPS) is 30.4. The molecule has 116 valence electrons. The van der Waals surface area contributed by atoms with Crippen LogP contribution in [0.4, 0.5) is 0 Å². The van der Waals surface area contributed by atoms with Crippen LogP contribution in [0.25, 0.3) is 0 Å². The summed E-state index contributed by atoms with van der Waals surface area (Å²) in [7, 11) is 0. The Bertz CT molecular complexity index is 300. The Balaban J connectivity index is 1.68. The Labute approximate surface area is 127 Å². The van der Waals surface area contributed by atoms with Gasteiger partial charge in [-0.05, 0) is 38.5 Å². The highest BCUT2D eigenvalue weighted by molar-refractivity contribution is 8.00. The zero-order valence-electron chi connectivity index (χ0n) is 12.8. The van der Waals surface area contributed by atoms with Crippen LogP contribution in [0.2, 0.25) is 0 Å². The Morgan fingerprint density at radius 3 is 2.70 bits per heavy atom. The van der Waals surface area contributed by atoms with E-state index >= 15 is 0 Å². The topological polar surface area (TPSA) is 41.6 Å². The molecular weight excluding hydrogens is 272 g/mol. The first-order valence-electron chi connectivity index (χ1n) is 7.90. The van der Waals surface area contributed by atoms with Gasteiger partial charge in [0.1, 0.15) is 6.61 Å². The Morgan fingerprint density at radius 2 is 2.10 bits per heavy atom. The highest BCUT2D eigenvalue weighted by atomic mass is 32.2. The third-order valence-corrected chi connectivity index (χ3v) is 5.51. The molecule has 5 heteroatoms. The smallest absolute Gasteiger partial charge is 0.248 e. The second kappa shape index (κ2) is 8.25. The molecule has 0 spiro atoms. The lowest BCUT2D eigenvalue weighted by Crippen LogP contribution is -2.40. The van der Waals surface area contributed by atoms with Crippen LogP contribution < -0.4 is 5.32 Å². The number of hydrogen-bond donors (Lipinski definition) is 1. The molecule has 0 radical (unpaired) electrons. The zero-order chi connectivity index (χ0) is 14.4. The van der Waals surface area contributed by atoms with Gasteiger partial charge in [0.2, 0.25) is 5.91 Å². The maximum atomic E-state index is 12.2. The minimum Gasteiger partial charge on any atom is -0.368 e. The molecule has 2 aliphatic rings.